The number of benzene rings is 1. The summed E-state index contributed by atoms with van der Waals surface area (Å²) in [7, 11) is 1.37. The van der Waals surface area contributed by atoms with Crippen LogP contribution in [0, 0.1) is 13.8 Å². The van der Waals surface area contributed by atoms with E-state index < -0.39 is 23.4 Å². The highest BCUT2D eigenvalue weighted by Crippen LogP contribution is 2.31. The van der Waals surface area contributed by atoms with Crippen LogP contribution in [-0.4, -0.2) is 33.6 Å². The van der Waals surface area contributed by atoms with Crippen LogP contribution < -0.4 is 10.1 Å². The van der Waals surface area contributed by atoms with Crippen LogP contribution in [-0.2, 0) is 11.0 Å². The second-order valence-corrected chi connectivity index (χ2v) is 6.35. The van der Waals surface area contributed by atoms with E-state index in [1.165, 1.54) is 50.0 Å². The van der Waals surface area contributed by atoms with Gasteiger partial charge >= 0.3 is 6.18 Å². The maximum atomic E-state index is 13.0. The highest BCUT2D eigenvalue weighted by molar-refractivity contribution is 6.47. The molecule has 1 N–H and O–H groups in total. The number of aryl methyl sites for hydroxylation is 1. The van der Waals surface area contributed by atoms with E-state index in [9.17, 15) is 22.8 Å². The van der Waals surface area contributed by atoms with Crippen LogP contribution in [0.4, 0.5) is 18.9 Å². The van der Waals surface area contributed by atoms with Gasteiger partial charge < -0.3 is 10.1 Å². The van der Waals surface area contributed by atoms with Crippen molar-refractivity contribution < 1.29 is 27.5 Å². The molecule has 0 spiro atoms. The van der Waals surface area contributed by atoms with E-state index in [4.69, 9.17) is 4.74 Å². The lowest BCUT2D eigenvalue weighted by Crippen LogP contribution is -2.24. The summed E-state index contributed by atoms with van der Waals surface area (Å²) in [6.07, 6.45) is -3.06. The molecule has 0 saturated heterocycles. The summed E-state index contributed by atoms with van der Waals surface area (Å²) in [5.74, 6) is -1.70. The zero-order chi connectivity index (χ0) is 22.1. The van der Waals surface area contributed by atoms with Crippen LogP contribution in [0.2, 0.25) is 0 Å². The van der Waals surface area contributed by atoms with E-state index in [-0.39, 0.29) is 34.2 Å². The number of amides is 1. The quantitative estimate of drug-likeness (QED) is 0.504. The van der Waals surface area contributed by atoms with Gasteiger partial charge in [-0.1, -0.05) is 6.07 Å². The lowest BCUT2D eigenvalue weighted by molar-refractivity contribution is -0.137. The van der Waals surface area contributed by atoms with Gasteiger partial charge in [-0.2, -0.15) is 18.3 Å². The van der Waals surface area contributed by atoms with Crippen molar-refractivity contribution >= 4 is 17.4 Å². The molecule has 30 heavy (non-hydrogen) atoms. The lowest BCUT2D eigenvalue weighted by Gasteiger charge is -2.10. The van der Waals surface area contributed by atoms with Gasteiger partial charge in [0.25, 0.3) is 11.7 Å². The van der Waals surface area contributed by atoms with E-state index in [0.29, 0.717) is 0 Å². The highest BCUT2D eigenvalue weighted by atomic mass is 19.4. The van der Waals surface area contributed by atoms with Crippen LogP contribution in [0.15, 0.2) is 42.6 Å². The van der Waals surface area contributed by atoms with Crippen LogP contribution in [0.25, 0.3) is 5.69 Å². The third-order valence-corrected chi connectivity index (χ3v) is 4.36. The van der Waals surface area contributed by atoms with Crippen LogP contribution in [0.5, 0.6) is 5.88 Å². The fourth-order valence-corrected chi connectivity index (χ4v) is 2.98. The Balaban J connectivity index is 1.94. The van der Waals surface area contributed by atoms with Crippen molar-refractivity contribution in [2.75, 3.05) is 12.4 Å². The number of carbonyl (C=O) groups is 2. The van der Waals surface area contributed by atoms with Gasteiger partial charge in [0.1, 0.15) is 5.69 Å². The van der Waals surface area contributed by atoms with E-state index in [0.717, 1.165) is 12.1 Å². The Morgan fingerprint density at radius 2 is 1.87 bits per heavy atom. The number of pyridine rings is 1. The number of anilines is 1. The summed E-state index contributed by atoms with van der Waals surface area (Å²) in [5, 5.41) is 6.59. The van der Waals surface area contributed by atoms with Gasteiger partial charge in [0, 0.05) is 6.20 Å². The number of halogens is 3. The molecule has 0 aliphatic rings. The lowest BCUT2D eigenvalue weighted by atomic mass is 10.1. The summed E-state index contributed by atoms with van der Waals surface area (Å²) < 4.78 is 45.3. The van der Waals surface area contributed by atoms with Gasteiger partial charge in [0.05, 0.1) is 35.3 Å². The zero-order valence-electron chi connectivity index (χ0n) is 16.2. The summed E-state index contributed by atoms with van der Waals surface area (Å²) in [6.45, 7) is 3.01. The van der Waals surface area contributed by atoms with Crippen molar-refractivity contribution in [3.8, 4) is 11.6 Å². The number of alkyl halides is 3. The Hall–Kier alpha value is -3.69. The number of rotatable bonds is 5. The molecule has 0 radical (unpaired) electrons. The Labute approximate surface area is 169 Å². The average molecular weight is 418 g/mol. The Morgan fingerprint density at radius 1 is 1.13 bits per heavy atom. The fourth-order valence-electron chi connectivity index (χ4n) is 2.98. The molecule has 2 heterocycles. The summed E-state index contributed by atoms with van der Waals surface area (Å²) in [4.78, 5) is 29.2. The number of Topliss-reactive ketones (excluding diaryl/α,β-unsaturated/α-hetero) is 1. The second kappa shape index (κ2) is 7.97. The van der Waals surface area contributed by atoms with Gasteiger partial charge in [0.15, 0.2) is 0 Å². The fraction of sp³-hybridized carbons (Fsp3) is 0.200. The molecule has 0 bridgehead atoms. The number of hydrogen-bond acceptors (Lipinski definition) is 5. The predicted molar refractivity (Wildman–Crippen MR) is 102 cm³/mol. The van der Waals surface area contributed by atoms with Crippen molar-refractivity contribution in [1.82, 2.24) is 14.8 Å². The molecule has 2 aromatic heterocycles. The second-order valence-electron chi connectivity index (χ2n) is 6.35. The maximum absolute atomic E-state index is 13.0. The molecule has 0 atom stereocenters. The number of nitrogens with zero attached hydrogens (tertiary/aromatic N) is 3. The molecule has 10 heteroatoms. The molecule has 3 rings (SSSR count). The molecular weight excluding hydrogens is 401 g/mol. The van der Waals surface area contributed by atoms with Crippen LogP contribution >= 0.6 is 0 Å². The topological polar surface area (TPSA) is 86.1 Å². The first kappa shape index (κ1) is 21.0. The molecule has 7 nitrogen and oxygen atoms in total. The standard InChI is InChI=1S/C20H17F3N4O3/c1-11-16(17(28)18(29)25-15-8-5-9-24-19(15)30-3)12(2)27(26-11)14-7-4-6-13(10-14)20(21,22)23/h4-10H,1-3H3,(H,25,29). The summed E-state index contributed by atoms with van der Waals surface area (Å²) >= 11 is 0. The largest absolute Gasteiger partial charge is 0.480 e. The van der Waals surface area contributed by atoms with Gasteiger partial charge in [-0.25, -0.2) is 9.67 Å². The van der Waals surface area contributed by atoms with Gasteiger partial charge in [-0.3, -0.25) is 9.59 Å². The van der Waals surface area contributed by atoms with Gasteiger partial charge in [0.2, 0.25) is 5.88 Å². The van der Waals surface area contributed by atoms with Gasteiger partial charge in [-0.05, 0) is 44.2 Å². The average Bonchev–Trinajstić information content (AvgIpc) is 3.01. The van der Waals surface area contributed by atoms with E-state index >= 15 is 0 Å². The minimum Gasteiger partial charge on any atom is -0.480 e. The van der Waals surface area contributed by atoms with E-state index in [2.05, 4.69) is 15.4 Å². The smallest absolute Gasteiger partial charge is 0.416 e. The number of aromatic nitrogens is 3. The number of ether oxygens (including phenoxy) is 1. The predicted octanol–water partition coefficient (Wildman–Crippen LogP) is 3.73. The Kier molecular flexibility index (Phi) is 5.59. The van der Waals surface area contributed by atoms with Crippen molar-refractivity contribution in [1.29, 1.82) is 0 Å². The van der Waals surface area contributed by atoms with Crippen molar-refractivity contribution in [2.24, 2.45) is 0 Å². The number of nitrogens with one attached hydrogen (secondary N) is 1. The van der Waals surface area contributed by atoms with Crippen molar-refractivity contribution in [3.05, 3.63) is 65.1 Å². The minimum absolute atomic E-state index is 0.00719. The molecule has 3 aromatic rings. The van der Waals surface area contributed by atoms with Crippen molar-refractivity contribution in [3.63, 3.8) is 0 Å². The summed E-state index contributed by atoms with van der Waals surface area (Å²) in [6, 6.07) is 7.62. The van der Waals surface area contributed by atoms with Crippen molar-refractivity contribution in [2.45, 2.75) is 20.0 Å². The van der Waals surface area contributed by atoms with E-state index in [1.54, 1.807) is 6.07 Å². The maximum Gasteiger partial charge on any atom is 0.416 e. The normalized spacial score (nSPS) is 11.3. The molecule has 0 aliphatic carbocycles. The molecule has 0 fully saturated rings. The first-order chi connectivity index (χ1) is 14.1. The Bertz CT molecular complexity index is 1120. The third kappa shape index (κ3) is 4.02. The van der Waals surface area contributed by atoms with E-state index in [1.807, 2.05) is 0 Å². The number of methoxy groups -OCH3 is 1. The molecule has 0 aliphatic heterocycles. The van der Waals surface area contributed by atoms with Crippen LogP contribution in [0.1, 0.15) is 27.3 Å². The number of hydrogen-bond donors (Lipinski definition) is 1. The third-order valence-electron chi connectivity index (χ3n) is 4.36. The number of ketones is 1. The van der Waals surface area contributed by atoms with Gasteiger partial charge in [-0.15, -0.1) is 0 Å². The molecule has 1 amide bonds. The Morgan fingerprint density at radius 3 is 2.53 bits per heavy atom. The molecule has 0 saturated carbocycles. The number of carbonyl (C=O) groups excluding carboxylic acids is 2. The zero-order valence-corrected chi connectivity index (χ0v) is 16.2. The molecule has 156 valence electrons. The SMILES string of the molecule is COc1ncccc1NC(=O)C(=O)c1c(C)nn(-c2cccc(C(F)(F)F)c2)c1C. The summed E-state index contributed by atoms with van der Waals surface area (Å²) in [5.41, 5.74) is -0.0549. The molecule has 0 unspecified atom stereocenters. The minimum atomic E-state index is -4.52. The van der Waals surface area contributed by atoms with Crippen LogP contribution in [0.3, 0.4) is 0 Å². The molecule has 1 aromatic carbocycles. The highest BCUT2D eigenvalue weighted by Gasteiger charge is 2.31. The first-order valence-corrected chi connectivity index (χ1v) is 8.72. The molecular formula is C20H17F3N4O3. The monoisotopic (exact) mass is 418 g/mol. The first-order valence-electron chi connectivity index (χ1n) is 8.72.